The topological polar surface area (TPSA) is 146 Å². The first-order valence-corrected chi connectivity index (χ1v) is 9.40. The number of nitrogens with zero attached hydrogens (tertiary/aromatic N) is 1. The van der Waals surface area contributed by atoms with Crippen LogP contribution in [0, 0.1) is 0 Å². The molecule has 1 aliphatic rings. The molecule has 2 aromatic carbocycles. The number of amidine groups is 1. The number of carboxylic acid groups (broad SMARTS) is 2. The summed E-state index contributed by atoms with van der Waals surface area (Å²) in [6.45, 7) is 1.39. The maximum Gasteiger partial charge on any atom is 0.344 e. The highest BCUT2D eigenvalue weighted by Crippen LogP contribution is 2.32. The van der Waals surface area contributed by atoms with Gasteiger partial charge in [-0.2, -0.15) is 0 Å². The summed E-state index contributed by atoms with van der Waals surface area (Å²) in [4.78, 5) is 39.1. The van der Waals surface area contributed by atoms with E-state index in [1.807, 2.05) is 0 Å². The molecule has 4 N–H and O–H groups in total. The monoisotopic (exact) mass is 428 g/mol. The molecule has 1 amide bonds. The molecule has 3 rings (SSSR count). The SMILES string of the molecule is CC(Oc1ccccc1/C=C1\SC(=Nc2ccc(O)cc2C(=O)O)NC1=O)C(=O)O. The van der Waals surface area contributed by atoms with Crippen LogP contribution in [0.25, 0.3) is 6.08 Å². The number of aromatic hydroxyl groups is 1. The Hall–Kier alpha value is -3.79. The Kier molecular flexibility index (Phi) is 6.07. The number of phenols is 1. The van der Waals surface area contributed by atoms with Gasteiger partial charge in [0.1, 0.15) is 11.5 Å². The number of carbonyl (C=O) groups is 3. The zero-order chi connectivity index (χ0) is 21.8. The van der Waals surface area contributed by atoms with Crippen LogP contribution in [-0.2, 0) is 9.59 Å². The summed E-state index contributed by atoms with van der Waals surface area (Å²) in [5.74, 6) is -2.76. The van der Waals surface area contributed by atoms with Crippen molar-refractivity contribution in [1.29, 1.82) is 0 Å². The minimum Gasteiger partial charge on any atom is -0.508 e. The lowest BCUT2D eigenvalue weighted by molar-refractivity contribution is -0.144. The number of rotatable bonds is 6. The van der Waals surface area contributed by atoms with Crippen LogP contribution in [0.1, 0.15) is 22.8 Å². The number of benzene rings is 2. The van der Waals surface area contributed by atoms with Crippen LogP contribution in [0.5, 0.6) is 11.5 Å². The quantitative estimate of drug-likeness (QED) is 0.514. The Morgan fingerprint density at radius 1 is 1.20 bits per heavy atom. The smallest absolute Gasteiger partial charge is 0.344 e. The Morgan fingerprint density at radius 3 is 2.63 bits per heavy atom. The molecule has 1 aliphatic heterocycles. The number of nitrogens with one attached hydrogen (secondary N) is 1. The van der Waals surface area contributed by atoms with Gasteiger partial charge in [0.2, 0.25) is 0 Å². The number of hydrogen-bond acceptors (Lipinski definition) is 7. The number of amides is 1. The molecule has 154 valence electrons. The number of carbonyl (C=O) groups excluding carboxylic acids is 1. The molecule has 0 aliphatic carbocycles. The van der Waals surface area contributed by atoms with Gasteiger partial charge in [0.15, 0.2) is 11.3 Å². The second-order valence-corrected chi connectivity index (χ2v) is 7.16. The minimum atomic E-state index is -1.27. The summed E-state index contributed by atoms with van der Waals surface area (Å²) in [6, 6.07) is 10.3. The van der Waals surface area contributed by atoms with Gasteiger partial charge in [-0.15, -0.1) is 0 Å². The van der Waals surface area contributed by atoms with E-state index in [1.165, 1.54) is 25.1 Å². The molecular formula is C20H16N2O7S. The van der Waals surface area contributed by atoms with E-state index in [0.29, 0.717) is 11.3 Å². The van der Waals surface area contributed by atoms with Crippen molar-refractivity contribution in [3.8, 4) is 11.5 Å². The maximum atomic E-state index is 12.3. The van der Waals surface area contributed by atoms with Crippen LogP contribution in [0.15, 0.2) is 52.4 Å². The van der Waals surface area contributed by atoms with Gasteiger partial charge in [0.05, 0.1) is 16.2 Å². The van der Waals surface area contributed by atoms with Gasteiger partial charge in [0.25, 0.3) is 5.91 Å². The van der Waals surface area contributed by atoms with Crippen molar-refractivity contribution < 1.29 is 34.4 Å². The van der Waals surface area contributed by atoms with Crippen molar-refractivity contribution in [2.45, 2.75) is 13.0 Å². The predicted molar refractivity (Wildman–Crippen MR) is 110 cm³/mol. The lowest BCUT2D eigenvalue weighted by Gasteiger charge is -2.12. The number of para-hydroxylation sites is 1. The van der Waals surface area contributed by atoms with E-state index in [-0.39, 0.29) is 27.1 Å². The molecule has 0 aromatic heterocycles. The molecule has 1 fully saturated rings. The van der Waals surface area contributed by atoms with Crippen molar-refractivity contribution in [1.82, 2.24) is 5.32 Å². The second-order valence-electron chi connectivity index (χ2n) is 6.12. The summed E-state index contributed by atoms with van der Waals surface area (Å²) in [6.07, 6.45) is 0.456. The number of ether oxygens (including phenoxy) is 1. The van der Waals surface area contributed by atoms with Gasteiger partial charge >= 0.3 is 11.9 Å². The van der Waals surface area contributed by atoms with E-state index in [1.54, 1.807) is 24.3 Å². The first-order valence-electron chi connectivity index (χ1n) is 8.59. The number of aromatic carboxylic acids is 1. The van der Waals surface area contributed by atoms with Crippen molar-refractivity contribution >= 4 is 46.5 Å². The van der Waals surface area contributed by atoms with Gasteiger partial charge in [-0.05, 0) is 49.0 Å². The number of thioether (sulfide) groups is 1. The highest BCUT2D eigenvalue weighted by molar-refractivity contribution is 8.18. The molecule has 9 nitrogen and oxygen atoms in total. The van der Waals surface area contributed by atoms with Gasteiger partial charge in [-0.25, -0.2) is 14.6 Å². The highest BCUT2D eigenvalue weighted by atomic mass is 32.2. The number of aliphatic carboxylic acids is 1. The summed E-state index contributed by atoms with van der Waals surface area (Å²) in [5, 5.41) is 30.5. The number of carboxylic acids is 2. The van der Waals surface area contributed by atoms with E-state index in [4.69, 9.17) is 9.84 Å². The van der Waals surface area contributed by atoms with E-state index < -0.39 is 23.9 Å². The third-order valence-corrected chi connectivity index (χ3v) is 4.85. The van der Waals surface area contributed by atoms with E-state index >= 15 is 0 Å². The predicted octanol–water partition coefficient (Wildman–Crippen LogP) is 2.83. The average Bonchev–Trinajstić information content (AvgIpc) is 3.03. The molecular weight excluding hydrogens is 412 g/mol. The number of hydrogen-bond donors (Lipinski definition) is 4. The first kappa shape index (κ1) is 20.9. The minimum absolute atomic E-state index is 0.0726. The zero-order valence-corrected chi connectivity index (χ0v) is 16.3. The molecule has 0 radical (unpaired) electrons. The summed E-state index contributed by atoms with van der Waals surface area (Å²) >= 11 is 0.990. The molecule has 0 saturated carbocycles. The first-order chi connectivity index (χ1) is 14.2. The third-order valence-electron chi connectivity index (χ3n) is 3.94. The van der Waals surface area contributed by atoms with Crippen LogP contribution in [0.2, 0.25) is 0 Å². The Bertz CT molecular complexity index is 1090. The molecule has 0 bridgehead atoms. The van der Waals surface area contributed by atoms with Crippen LogP contribution < -0.4 is 10.1 Å². The van der Waals surface area contributed by atoms with Crippen LogP contribution in [-0.4, -0.2) is 44.4 Å². The zero-order valence-electron chi connectivity index (χ0n) is 15.5. The lowest BCUT2D eigenvalue weighted by atomic mass is 10.2. The summed E-state index contributed by atoms with van der Waals surface area (Å²) in [5.41, 5.74) is 0.361. The van der Waals surface area contributed by atoms with Gasteiger partial charge in [-0.3, -0.25) is 4.79 Å². The largest absolute Gasteiger partial charge is 0.508 e. The number of phenolic OH excluding ortho intramolecular Hbond substituents is 1. The Morgan fingerprint density at radius 2 is 1.93 bits per heavy atom. The van der Waals surface area contributed by atoms with E-state index in [0.717, 1.165) is 17.8 Å². The Labute approximate surface area is 174 Å². The van der Waals surface area contributed by atoms with Gasteiger partial charge in [-0.1, -0.05) is 18.2 Å². The fraction of sp³-hybridized carbons (Fsp3) is 0.100. The van der Waals surface area contributed by atoms with Gasteiger partial charge in [0, 0.05) is 5.56 Å². The maximum absolute atomic E-state index is 12.3. The second kappa shape index (κ2) is 8.70. The molecule has 1 saturated heterocycles. The molecule has 1 heterocycles. The fourth-order valence-corrected chi connectivity index (χ4v) is 3.30. The Balaban J connectivity index is 1.89. The van der Waals surface area contributed by atoms with Crippen molar-refractivity contribution in [2.24, 2.45) is 4.99 Å². The van der Waals surface area contributed by atoms with Gasteiger partial charge < -0.3 is 25.4 Å². The van der Waals surface area contributed by atoms with Crippen molar-refractivity contribution in [3.63, 3.8) is 0 Å². The number of aliphatic imine (C=N–C) groups is 1. The standard InChI is InChI=1S/C20H16N2O7S/c1-10(18(25)26)29-15-5-3-2-4-11(15)8-16-17(24)22-20(30-16)21-14-7-6-12(23)9-13(14)19(27)28/h2-10,23H,1H3,(H,25,26)(H,27,28)(H,21,22,24)/b16-8-. The highest BCUT2D eigenvalue weighted by Gasteiger charge is 2.25. The molecule has 30 heavy (non-hydrogen) atoms. The normalized spacial score (nSPS) is 17.0. The molecule has 10 heteroatoms. The summed E-state index contributed by atoms with van der Waals surface area (Å²) < 4.78 is 5.42. The van der Waals surface area contributed by atoms with Crippen LogP contribution >= 0.6 is 11.8 Å². The van der Waals surface area contributed by atoms with Crippen LogP contribution in [0.3, 0.4) is 0 Å². The molecule has 2 aromatic rings. The van der Waals surface area contributed by atoms with E-state index in [9.17, 15) is 24.6 Å². The molecule has 1 atom stereocenters. The van der Waals surface area contributed by atoms with Crippen molar-refractivity contribution in [2.75, 3.05) is 0 Å². The third kappa shape index (κ3) is 4.78. The summed E-state index contributed by atoms with van der Waals surface area (Å²) in [7, 11) is 0. The lowest BCUT2D eigenvalue weighted by Crippen LogP contribution is -2.23. The van der Waals surface area contributed by atoms with Crippen LogP contribution in [0.4, 0.5) is 5.69 Å². The molecule has 1 unspecified atom stereocenters. The molecule has 0 spiro atoms. The van der Waals surface area contributed by atoms with Crippen molar-refractivity contribution in [3.05, 3.63) is 58.5 Å². The average molecular weight is 428 g/mol. The fourth-order valence-electron chi connectivity index (χ4n) is 2.47. The van der Waals surface area contributed by atoms with E-state index in [2.05, 4.69) is 10.3 Å².